The molecule has 7 aromatic rings. The van der Waals surface area contributed by atoms with Gasteiger partial charge in [-0.15, -0.1) is 0 Å². The van der Waals surface area contributed by atoms with E-state index in [1.54, 1.807) is 60.7 Å². The van der Waals surface area contributed by atoms with Crippen molar-refractivity contribution in [3.8, 4) is 28.0 Å². The molecule has 374 valence electrons. The molecule has 0 bridgehead atoms. The van der Waals surface area contributed by atoms with Gasteiger partial charge in [0.15, 0.2) is 23.1 Å². The number of hydrogen-bond donors (Lipinski definition) is 6. The molecule has 0 aliphatic heterocycles. The summed E-state index contributed by atoms with van der Waals surface area (Å²) < 4.78 is 13.3. The molecule has 0 saturated carbocycles. The maximum Gasteiger partial charge on any atom is 0.408 e. The Hall–Kier alpha value is -7.64. The molecule has 0 heterocycles. The van der Waals surface area contributed by atoms with Crippen LogP contribution in [0.25, 0.3) is 22.3 Å². The second-order valence-electron chi connectivity index (χ2n) is 17.5. The van der Waals surface area contributed by atoms with Gasteiger partial charge in [-0.2, -0.15) is 0 Å². The van der Waals surface area contributed by atoms with Gasteiger partial charge in [0.25, 0.3) is 0 Å². The van der Waals surface area contributed by atoms with E-state index in [1.807, 2.05) is 72.8 Å². The van der Waals surface area contributed by atoms with Crippen LogP contribution >= 0.6 is 63.7 Å². The van der Waals surface area contributed by atoms with E-state index >= 15 is 0 Å². The number of allylic oxidation sites excluding steroid dienone is 4. The molecular formula is C57H38Br4N4O10. The molecule has 6 N–H and O–H groups in total. The Morgan fingerprint density at radius 3 is 1.43 bits per heavy atom. The lowest BCUT2D eigenvalue weighted by Crippen LogP contribution is -2.41. The monoisotopic (exact) mass is 1250 g/mol. The molecule has 0 radical (unpaired) electrons. The number of carbonyl (C=O) groups is 6. The summed E-state index contributed by atoms with van der Waals surface area (Å²) in [6, 6.07) is 38.5. The average Bonchev–Trinajstić information content (AvgIpc) is 3.42. The maximum atomic E-state index is 13.7. The third-order valence-electron chi connectivity index (χ3n) is 12.9. The summed E-state index contributed by atoms with van der Waals surface area (Å²) in [7, 11) is 0. The van der Waals surface area contributed by atoms with Crippen molar-refractivity contribution < 1.29 is 48.5 Å². The normalized spacial score (nSPS) is 15.3. The van der Waals surface area contributed by atoms with Gasteiger partial charge in [0, 0.05) is 45.8 Å². The van der Waals surface area contributed by atoms with Gasteiger partial charge in [-0.3, -0.25) is 19.2 Å². The van der Waals surface area contributed by atoms with E-state index in [2.05, 4.69) is 85.0 Å². The van der Waals surface area contributed by atoms with Gasteiger partial charge in [0.05, 0.1) is 46.7 Å². The van der Waals surface area contributed by atoms with Crippen LogP contribution < -0.4 is 21.3 Å². The summed E-state index contributed by atoms with van der Waals surface area (Å²) in [4.78, 5) is 79.0. The van der Waals surface area contributed by atoms with Gasteiger partial charge in [0.1, 0.15) is 24.7 Å². The van der Waals surface area contributed by atoms with Crippen LogP contribution in [0.1, 0.15) is 63.7 Å². The molecule has 0 saturated heterocycles. The fourth-order valence-electron chi connectivity index (χ4n) is 9.16. The van der Waals surface area contributed by atoms with Gasteiger partial charge >= 0.3 is 12.2 Å². The number of ether oxygens (including phenoxy) is 2. The fourth-order valence-corrected chi connectivity index (χ4v) is 11.9. The fraction of sp³-hybridized carbons (Fsp3) is 0.0877. The molecule has 2 amide bonds. The van der Waals surface area contributed by atoms with Crippen molar-refractivity contribution >= 4 is 116 Å². The summed E-state index contributed by atoms with van der Waals surface area (Å²) in [6.45, 7) is -0.311. The minimum Gasteiger partial charge on any atom is -0.512 e. The number of Topliss-reactive ketones (excluding diaryl/α,β-unsaturated/α-hetero) is 2. The number of aromatic hydroxyl groups is 1. The molecule has 75 heavy (non-hydrogen) atoms. The van der Waals surface area contributed by atoms with Gasteiger partial charge in [0.2, 0.25) is 0 Å². The summed E-state index contributed by atoms with van der Waals surface area (Å²) in [5.41, 5.74) is 8.07. The molecule has 0 fully saturated rings. The molecule has 0 aromatic heterocycles. The topological polar surface area (TPSA) is 209 Å². The van der Waals surface area contributed by atoms with Gasteiger partial charge in [-0.25, -0.2) is 9.59 Å². The number of aliphatic hydroxyl groups excluding tert-OH is 1. The Bertz CT molecular complexity index is 3590. The van der Waals surface area contributed by atoms with E-state index in [0.717, 1.165) is 27.8 Å². The highest BCUT2D eigenvalue weighted by Gasteiger charge is 2.47. The lowest BCUT2D eigenvalue weighted by Gasteiger charge is -2.34. The third-order valence-corrected chi connectivity index (χ3v) is 15.4. The SMILES string of the molecule is O=C(NCNC(=O)OCc1ccc(-c2cc(Br)c(Nc3ccc(O)c4c3C(=O)c3ccccc3C4=O)c(Br)c2)cc1)OCc1ccc(-c2cc(Br)c(NC3=CC=C(O)C4C(=O)c5ccccc5C(=O)C34)c(Br)c2)cc1. The molecule has 14 nitrogen and oxygen atoms in total. The summed E-state index contributed by atoms with van der Waals surface area (Å²) in [5, 5.41) is 32.9. The van der Waals surface area contributed by atoms with Crippen molar-refractivity contribution in [2.45, 2.75) is 13.2 Å². The number of ketones is 4. The van der Waals surface area contributed by atoms with Crippen LogP contribution in [0, 0.1) is 11.8 Å². The van der Waals surface area contributed by atoms with E-state index in [0.29, 0.717) is 57.3 Å². The molecule has 2 atom stereocenters. The van der Waals surface area contributed by atoms with Crippen molar-refractivity contribution in [3.63, 3.8) is 0 Å². The number of alkyl carbamates (subject to hydrolysis) is 2. The smallest absolute Gasteiger partial charge is 0.408 e. The van der Waals surface area contributed by atoms with Crippen molar-refractivity contribution in [2.24, 2.45) is 11.8 Å². The molecule has 7 aromatic carbocycles. The van der Waals surface area contributed by atoms with E-state index in [4.69, 9.17) is 9.47 Å². The number of nitrogens with one attached hydrogen (secondary N) is 4. The minimum absolute atomic E-state index is 0.0344. The molecule has 2 unspecified atom stereocenters. The second-order valence-corrected chi connectivity index (χ2v) is 20.9. The Balaban J connectivity index is 0.678. The molecular weight excluding hydrogens is 1220 g/mol. The van der Waals surface area contributed by atoms with Gasteiger partial charge in [-0.05, 0) is 146 Å². The van der Waals surface area contributed by atoms with Crippen molar-refractivity contribution in [2.75, 3.05) is 17.3 Å². The van der Waals surface area contributed by atoms with E-state index < -0.39 is 29.8 Å². The number of hydrogen-bond acceptors (Lipinski definition) is 12. The number of benzene rings is 7. The van der Waals surface area contributed by atoms with Crippen molar-refractivity contribution in [3.05, 3.63) is 219 Å². The summed E-state index contributed by atoms with van der Waals surface area (Å²) >= 11 is 14.6. The minimum atomic E-state index is -1.02. The molecule has 3 aliphatic rings. The predicted octanol–water partition coefficient (Wildman–Crippen LogP) is 13.5. The van der Waals surface area contributed by atoms with Crippen molar-refractivity contribution in [1.29, 1.82) is 0 Å². The first-order valence-corrected chi connectivity index (χ1v) is 26.2. The average molecular weight is 1260 g/mol. The number of carbonyl (C=O) groups excluding carboxylic acids is 6. The Morgan fingerprint density at radius 2 is 0.933 bits per heavy atom. The Labute approximate surface area is 461 Å². The standard InChI is InChI=1S/C57H38Br4N4O10/c58-38-21-32(22-39(59)50(38)64-42-17-19-44(66)48-46(42)52(68)34-5-1-3-7-36(34)54(48)70)30-13-9-28(10-14-30)25-74-56(72)62-27-63-57(73)75-26-29-11-15-31(16-12-29)33-23-40(60)51(41(61)24-33)65-43-18-20-45(67)49-47(43)53(69)35-6-2-4-8-37(35)55(49)71/h1-24,46,48,64-67H,25-27H2,(H,62,72)(H,63,73). The number of phenols is 1. The first kappa shape index (κ1) is 50.9. The molecule has 3 aliphatic carbocycles. The first-order valence-electron chi connectivity index (χ1n) is 23.0. The molecule has 0 spiro atoms. The van der Waals surface area contributed by atoms with Gasteiger partial charge < -0.3 is 41.0 Å². The van der Waals surface area contributed by atoms with Crippen LogP contribution in [0.15, 0.2) is 175 Å². The summed E-state index contributed by atoms with van der Waals surface area (Å²) in [5.74, 6) is -3.74. The largest absolute Gasteiger partial charge is 0.512 e. The number of fused-ring (bicyclic) bond motifs is 4. The quantitative estimate of drug-likeness (QED) is 0.0499. The highest BCUT2D eigenvalue weighted by molar-refractivity contribution is 9.11. The predicted molar refractivity (Wildman–Crippen MR) is 295 cm³/mol. The van der Waals surface area contributed by atoms with Crippen LogP contribution in [-0.2, 0) is 22.7 Å². The number of halogens is 4. The number of aliphatic hydroxyl groups is 1. The molecule has 10 rings (SSSR count). The number of anilines is 3. The van der Waals surface area contributed by atoms with E-state index in [-0.39, 0.29) is 71.0 Å². The summed E-state index contributed by atoms with van der Waals surface area (Å²) in [6.07, 6.45) is 1.56. The van der Waals surface area contributed by atoms with Gasteiger partial charge in [-0.1, -0.05) is 97.1 Å². The highest BCUT2D eigenvalue weighted by atomic mass is 79.9. The Kier molecular flexibility index (Phi) is 14.4. The first-order chi connectivity index (χ1) is 36.1. The van der Waals surface area contributed by atoms with Crippen LogP contribution in [0.3, 0.4) is 0 Å². The van der Waals surface area contributed by atoms with Crippen LogP contribution in [0.2, 0.25) is 0 Å². The second kappa shape index (κ2) is 21.3. The van der Waals surface area contributed by atoms with E-state index in [9.17, 15) is 39.0 Å². The zero-order chi connectivity index (χ0) is 52.7. The zero-order valence-electron chi connectivity index (χ0n) is 38.8. The lowest BCUT2D eigenvalue weighted by atomic mass is 9.70. The van der Waals surface area contributed by atoms with Crippen LogP contribution in [0.5, 0.6) is 5.75 Å². The highest BCUT2D eigenvalue weighted by Crippen LogP contribution is 2.45. The number of phenolic OH excluding ortho intramolecular Hbond substituents is 1. The lowest BCUT2D eigenvalue weighted by molar-refractivity contribution is 0.0750. The Morgan fingerprint density at radius 1 is 0.493 bits per heavy atom. The van der Waals surface area contributed by atoms with Crippen LogP contribution in [-0.4, -0.2) is 52.2 Å². The molecule has 18 heteroatoms. The van der Waals surface area contributed by atoms with Crippen molar-refractivity contribution in [1.82, 2.24) is 10.6 Å². The number of rotatable bonds is 12. The third kappa shape index (κ3) is 10.2. The maximum absolute atomic E-state index is 13.7. The van der Waals surface area contributed by atoms with E-state index in [1.165, 1.54) is 12.1 Å². The number of amides is 2. The zero-order valence-corrected chi connectivity index (χ0v) is 45.1. The van der Waals surface area contributed by atoms with Crippen LogP contribution in [0.4, 0.5) is 26.7 Å².